The maximum absolute atomic E-state index is 12.5. The number of aromatic nitrogens is 1. The Morgan fingerprint density at radius 3 is 2.48 bits per heavy atom. The van der Waals surface area contributed by atoms with Gasteiger partial charge in [0, 0.05) is 12.2 Å². The van der Waals surface area contributed by atoms with Gasteiger partial charge < -0.3 is 10.6 Å². The van der Waals surface area contributed by atoms with Gasteiger partial charge in [0.05, 0.1) is 15.1 Å². The summed E-state index contributed by atoms with van der Waals surface area (Å²) in [5, 5.41) is 5.85. The van der Waals surface area contributed by atoms with Crippen LogP contribution < -0.4 is 15.4 Å². The fourth-order valence-corrected chi connectivity index (χ4v) is 4.99. The maximum atomic E-state index is 12.5. The standard InChI is InChI=1S/C22H20N4O3S2/c1-15-7-9-16(10-8-15)14-23-21(27)24-17-11-12-20-19(13-17)25-22(30-20)26-31(28,29)18-5-3-2-4-6-18/h2-13H,14H2,1H3,(H,25,26)(H2,23,24,27). The van der Waals surface area contributed by atoms with E-state index in [0.717, 1.165) is 15.8 Å². The highest BCUT2D eigenvalue weighted by atomic mass is 32.2. The van der Waals surface area contributed by atoms with Crippen molar-refractivity contribution in [2.24, 2.45) is 0 Å². The average molecular weight is 453 g/mol. The van der Waals surface area contributed by atoms with E-state index in [4.69, 9.17) is 0 Å². The van der Waals surface area contributed by atoms with Crippen molar-refractivity contribution in [2.45, 2.75) is 18.4 Å². The fraction of sp³-hybridized carbons (Fsp3) is 0.0909. The van der Waals surface area contributed by atoms with Crippen LogP contribution in [0.4, 0.5) is 15.6 Å². The summed E-state index contributed by atoms with van der Waals surface area (Å²) in [7, 11) is -3.71. The topological polar surface area (TPSA) is 100 Å². The molecule has 31 heavy (non-hydrogen) atoms. The van der Waals surface area contributed by atoms with Gasteiger partial charge in [0.25, 0.3) is 10.0 Å². The minimum absolute atomic E-state index is 0.168. The van der Waals surface area contributed by atoms with Gasteiger partial charge in [0.1, 0.15) is 0 Å². The molecule has 0 fully saturated rings. The van der Waals surface area contributed by atoms with E-state index in [9.17, 15) is 13.2 Å². The van der Waals surface area contributed by atoms with E-state index in [1.807, 2.05) is 31.2 Å². The van der Waals surface area contributed by atoms with E-state index in [1.165, 1.54) is 23.5 Å². The van der Waals surface area contributed by atoms with Gasteiger partial charge in [-0.2, -0.15) is 0 Å². The predicted molar refractivity (Wildman–Crippen MR) is 124 cm³/mol. The molecule has 0 bridgehead atoms. The van der Waals surface area contributed by atoms with Crippen LogP contribution in [0.2, 0.25) is 0 Å². The van der Waals surface area contributed by atoms with E-state index < -0.39 is 10.0 Å². The van der Waals surface area contributed by atoms with E-state index in [0.29, 0.717) is 17.7 Å². The molecule has 2 amide bonds. The number of fused-ring (bicyclic) bond motifs is 1. The Labute approximate surface area is 184 Å². The van der Waals surface area contributed by atoms with Crippen molar-refractivity contribution >= 4 is 48.4 Å². The number of nitrogens with zero attached hydrogens (tertiary/aromatic N) is 1. The second-order valence-electron chi connectivity index (χ2n) is 6.91. The van der Waals surface area contributed by atoms with Gasteiger partial charge in [-0.05, 0) is 42.8 Å². The molecule has 3 N–H and O–H groups in total. The molecule has 3 aromatic carbocycles. The van der Waals surface area contributed by atoms with Gasteiger partial charge in [-0.3, -0.25) is 4.72 Å². The zero-order chi connectivity index (χ0) is 21.8. The summed E-state index contributed by atoms with van der Waals surface area (Å²) in [6.45, 7) is 2.42. The van der Waals surface area contributed by atoms with Gasteiger partial charge in [-0.25, -0.2) is 18.2 Å². The highest BCUT2D eigenvalue weighted by molar-refractivity contribution is 7.93. The van der Waals surface area contributed by atoms with Crippen molar-refractivity contribution < 1.29 is 13.2 Å². The lowest BCUT2D eigenvalue weighted by Crippen LogP contribution is -2.28. The van der Waals surface area contributed by atoms with Crippen molar-refractivity contribution in [1.82, 2.24) is 10.3 Å². The van der Waals surface area contributed by atoms with Crippen LogP contribution in [0.5, 0.6) is 0 Å². The van der Waals surface area contributed by atoms with Crippen molar-refractivity contribution in [3.63, 3.8) is 0 Å². The second-order valence-corrected chi connectivity index (χ2v) is 9.63. The number of sulfonamides is 1. The van der Waals surface area contributed by atoms with Gasteiger partial charge >= 0.3 is 6.03 Å². The Balaban J connectivity index is 1.42. The molecule has 0 spiro atoms. The Morgan fingerprint density at radius 2 is 1.74 bits per heavy atom. The molecule has 9 heteroatoms. The minimum atomic E-state index is -3.71. The number of rotatable bonds is 6. The molecule has 0 atom stereocenters. The molecule has 1 heterocycles. The molecule has 0 aliphatic rings. The lowest BCUT2D eigenvalue weighted by molar-refractivity contribution is 0.251. The highest BCUT2D eigenvalue weighted by Gasteiger charge is 2.16. The quantitative estimate of drug-likeness (QED) is 0.394. The fourth-order valence-electron chi connectivity index (χ4n) is 2.89. The molecule has 0 saturated heterocycles. The third kappa shape index (κ3) is 5.19. The molecule has 7 nitrogen and oxygen atoms in total. The van der Waals surface area contributed by atoms with Gasteiger partial charge in [-0.1, -0.05) is 59.4 Å². The predicted octanol–water partition coefficient (Wildman–Crippen LogP) is 4.73. The molecule has 4 rings (SSSR count). The monoisotopic (exact) mass is 452 g/mol. The smallest absolute Gasteiger partial charge is 0.319 e. The first kappa shape index (κ1) is 20.8. The molecule has 0 saturated carbocycles. The first-order valence-electron chi connectivity index (χ1n) is 9.48. The molecule has 4 aromatic rings. The van der Waals surface area contributed by atoms with Crippen LogP contribution in [-0.2, 0) is 16.6 Å². The molecule has 1 aromatic heterocycles. The van der Waals surface area contributed by atoms with Crippen molar-refractivity contribution in [2.75, 3.05) is 10.0 Å². The van der Waals surface area contributed by atoms with Crippen LogP contribution in [0, 0.1) is 6.92 Å². The number of hydrogen-bond donors (Lipinski definition) is 3. The number of aryl methyl sites for hydroxylation is 1. The molecular formula is C22H20N4O3S2. The summed E-state index contributed by atoms with van der Waals surface area (Å²) in [6, 6.07) is 21.0. The van der Waals surface area contributed by atoms with Crippen LogP contribution in [0.15, 0.2) is 77.7 Å². The van der Waals surface area contributed by atoms with E-state index in [2.05, 4.69) is 20.3 Å². The number of carbonyl (C=O) groups excluding carboxylic acids is 1. The molecule has 0 aliphatic heterocycles. The first-order valence-corrected chi connectivity index (χ1v) is 11.8. The van der Waals surface area contributed by atoms with Crippen LogP contribution >= 0.6 is 11.3 Å². The van der Waals surface area contributed by atoms with Gasteiger partial charge in [0.2, 0.25) is 0 Å². The SMILES string of the molecule is Cc1ccc(CNC(=O)Nc2ccc3sc(NS(=O)(=O)c4ccccc4)nc3c2)cc1. The van der Waals surface area contributed by atoms with E-state index in [-0.39, 0.29) is 16.1 Å². The number of thiazole rings is 1. The van der Waals surface area contributed by atoms with Crippen LogP contribution in [-0.4, -0.2) is 19.4 Å². The Kier molecular flexibility index (Phi) is 5.88. The molecule has 0 unspecified atom stereocenters. The van der Waals surface area contributed by atoms with Crippen LogP contribution in [0.3, 0.4) is 0 Å². The summed E-state index contributed by atoms with van der Waals surface area (Å²) >= 11 is 1.23. The van der Waals surface area contributed by atoms with Crippen molar-refractivity contribution in [3.05, 3.63) is 83.9 Å². The number of benzene rings is 3. The third-order valence-corrected chi connectivity index (χ3v) is 6.93. The number of nitrogens with one attached hydrogen (secondary N) is 3. The summed E-state index contributed by atoms with van der Waals surface area (Å²) in [6.07, 6.45) is 0. The van der Waals surface area contributed by atoms with Gasteiger partial charge in [-0.15, -0.1) is 0 Å². The lowest BCUT2D eigenvalue weighted by atomic mass is 10.1. The molecular weight excluding hydrogens is 432 g/mol. The summed E-state index contributed by atoms with van der Waals surface area (Å²) in [4.78, 5) is 16.7. The highest BCUT2D eigenvalue weighted by Crippen LogP contribution is 2.29. The Hall–Kier alpha value is -3.43. The van der Waals surface area contributed by atoms with E-state index >= 15 is 0 Å². The number of urea groups is 1. The largest absolute Gasteiger partial charge is 0.334 e. The van der Waals surface area contributed by atoms with Gasteiger partial charge in [0.15, 0.2) is 5.13 Å². The number of amides is 2. The zero-order valence-electron chi connectivity index (χ0n) is 16.6. The third-order valence-electron chi connectivity index (χ3n) is 4.49. The molecule has 0 aliphatic carbocycles. The number of hydrogen-bond acceptors (Lipinski definition) is 5. The number of anilines is 2. The summed E-state index contributed by atoms with van der Waals surface area (Å²) in [5.74, 6) is 0. The van der Waals surface area contributed by atoms with Crippen molar-refractivity contribution in [1.29, 1.82) is 0 Å². The lowest BCUT2D eigenvalue weighted by Gasteiger charge is -2.08. The number of carbonyl (C=O) groups is 1. The normalized spacial score (nSPS) is 11.3. The summed E-state index contributed by atoms with van der Waals surface area (Å²) in [5.41, 5.74) is 3.32. The van der Waals surface area contributed by atoms with Crippen LogP contribution in [0.25, 0.3) is 10.2 Å². The zero-order valence-corrected chi connectivity index (χ0v) is 18.3. The van der Waals surface area contributed by atoms with E-state index in [1.54, 1.807) is 36.4 Å². The average Bonchev–Trinajstić information content (AvgIpc) is 3.15. The molecule has 0 radical (unpaired) electrons. The first-order chi connectivity index (χ1) is 14.9. The summed E-state index contributed by atoms with van der Waals surface area (Å²) < 4.78 is 28.3. The minimum Gasteiger partial charge on any atom is -0.334 e. The Bertz CT molecular complexity index is 1320. The molecule has 158 valence electrons. The second kappa shape index (κ2) is 8.75. The Morgan fingerprint density at radius 1 is 1.00 bits per heavy atom. The van der Waals surface area contributed by atoms with Crippen LogP contribution in [0.1, 0.15) is 11.1 Å². The maximum Gasteiger partial charge on any atom is 0.319 e. The van der Waals surface area contributed by atoms with Crippen molar-refractivity contribution in [3.8, 4) is 0 Å².